The van der Waals surface area contributed by atoms with Gasteiger partial charge in [-0.3, -0.25) is 9.48 Å². The molecule has 1 atom stereocenters. The van der Waals surface area contributed by atoms with Crippen LogP contribution >= 0.6 is 0 Å². The van der Waals surface area contributed by atoms with Gasteiger partial charge in [-0.05, 0) is 12.8 Å². The molecule has 0 radical (unpaired) electrons. The number of hydrogen-bond donors (Lipinski definition) is 2. The van der Waals surface area contributed by atoms with Crippen molar-refractivity contribution in [1.82, 2.24) is 20.3 Å². The average molecular weight is 239 g/mol. The Bertz CT molecular complexity index is 312. The molecule has 1 rings (SSSR count). The van der Waals surface area contributed by atoms with Crippen molar-refractivity contribution < 1.29 is 4.79 Å². The van der Waals surface area contributed by atoms with Gasteiger partial charge in [0.05, 0.1) is 12.2 Å². The third-order valence-corrected chi connectivity index (χ3v) is 2.54. The molecule has 0 fully saturated rings. The topological polar surface area (TPSA) is 85.8 Å². The zero-order valence-electron chi connectivity index (χ0n) is 10.3. The van der Waals surface area contributed by atoms with Gasteiger partial charge in [0.2, 0.25) is 5.91 Å². The first kappa shape index (κ1) is 13.6. The van der Waals surface area contributed by atoms with Gasteiger partial charge in [-0.1, -0.05) is 25.0 Å². The molecule has 0 aliphatic heterocycles. The van der Waals surface area contributed by atoms with Crippen LogP contribution in [0.1, 0.15) is 32.6 Å². The molecule has 6 nitrogen and oxygen atoms in total. The molecular weight excluding hydrogens is 218 g/mol. The van der Waals surface area contributed by atoms with E-state index < -0.39 is 0 Å². The highest BCUT2D eigenvalue weighted by Crippen LogP contribution is 1.98. The third-order valence-electron chi connectivity index (χ3n) is 2.54. The highest BCUT2D eigenvalue weighted by molar-refractivity contribution is 5.81. The molecular formula is C11H21N5O. The minimum absolute atomic E-state index is 0.0583. The zero-order chi connectivity index (χ0) is 12.5. The van der Waals surface area contributed by atoms with Crippen molar-refractivity contribution in [2.24, 2.45) is 5.73 Å². The highest BCUT2D eigenvalue weighted by Gasteiger charge is 2.11. The Balaban J connectivity index is 2.07. The van der Waals surface area contributed by atoms with Crippen molar-refractivity contribution in [2.45, 2.75) is 45.2 Å². The van der Waals surface area contributed by atoms with E-state index in [9.17, 15) is 4.79 Å². The van der Waals surface area contributed by atoms with Gasteiger partial charge in [-0.25, -0.2) is 0 Å². The maximum atomic E-state index is 11.5. The van der Waals surface area contributed by atoms with Crippen molar-refractivity contribution >= 4 is 5.91 Å². The Hall–Kier alpha value is -1.43. The first-order chi connectivity index (χ1) is 8.24. The van der Waals surface area contributed by atoms with Crippen molar-refractivity contribution in [3.63, 3.8) is 0 Å². The van der Waals surface area contributed by atoms with Gasteiger partial charge in [-0.15, -0.1) is 5.10 Å². The van der Waals surface area contributed by atoms with E-state index in [0.29, 0.717) is 6.54 Å². The minimum atomic E-state index is -0.374. The largest absolute Gasteiger partial charge is 0.355 e. The Morgan fingerprint density at radius 1 is 1.53 bits per heavy atom. The van der Waals surface area contributed by atoms with E-state index in [-0.39, 0.29) is 11.9 Å². The lowest BCUT2D eigenvalue weighted by Gasteiger charge is -2.11. The number of nitrogens with two attached hydrogens (primary N) is 1. The van der Waals surface area contributed by atoms with Gasteiger partial charge in [0, 0.05) is 19.3 Å². The lowest BCUT2D eigenvalue weighted by molar-refractivity contribution is -0.122. The van der Waals surface area contributed by atoms with E-state index in [1.165, 1.54) is 0 Å². The Morgan fingerprint density at radius 2 is 2.35 bits per heavy atom. The number of carbonyl (C=O) groups excluding carboxylic acids is 1. The first-order valence-corrected chi connectivity index (χ1v) is 6.11. The number of nitrogens with zero attached hydrogens (tertiary/aromatic N) is 3. The molecule has 0 saturated carbocycles. The standard InChI is InChI=1S/C11H21N5O/c1-2-3-5-10(12)11(17)13-6-4-8-16-9-7-14-15-16/h7,9-10H,2-6,8,12H2,1H3,(H,13,17). The minimum Gasteiger partial charge on any atom is -0.355 e. The Labute approximate surface area is 102 Å². The van der Waals surface area contributed by atoms with Crippen LogP contribution in [0, 0.1) is 0 Å². The summed E-state index contributed by atoms with van der Waals surface area (Å²) in [5, 5.41) is 10.4. The number of hydrogen-bond acceptors (Lipinski definition) is 4. The SMILES string of the molecule is CCCCC(N)C(=O)NCCCn1ccnn1. The van der Waals surface area contributed by atoms with Crippen LogP contribution in [-0.4, -0.2) is 33.5 Å². The van der Waals surface area contributed by atoms with Crippen LogP contribution in [0.25, 0.3) is 0 Å². The van der Waals surface area contributed by atoms with Crippen molar-refractivity contribution in [2.75, 3.05) is 6.54 Å². The molecule has 1 unspecified atom stereocenters. The molecule has 96 valence electrons. The van der Waals surface area contributed by atoms with Crippen molar-refractivity contribution in [3.8, 4) is 0 Å². The summed E-state index contributed by atoms with van der Waals surface area (Å²) in [5.74, 6) is -0.0583. The van der Waals surface area contributed by atoms with Crippen LogP contribution in [0.3, 0.4) is 0 Å². The van der Waals surface area contributed by atoms with E-state index in [0.717, 1.165) is 32.2 Å². The summed E-state index contributed by atoms with van der Waals surface area (Å²) < 4.78 is 1.74. The van der Waals surface area contributed by atoms with Crippen LogP contribution < -0.4 is 11.1 Å². The van der Waals surface area contributed by atoms with E-state index in [1.54, 1.807) is 17.1 Å². The van der Waals surface area contributed by atoms with Crippen LogP contribution in [0.15, 0.2) is 12.4 Å². The third kappa shape index (κ3) is 5.44. The fourth-order valence-corrected chi connectivity index (χ4v) is 1.49. The molecule has 0 saturated heterocycles. The average Bonchev–Trinajstić information content (AvgIpc) is 2.84. The Kier molecular flexibility index (Phi) is 6.24. The second-order valence-corrected chi connectivity index (χ2v) is 4.06. The van der Waals surface area contributed by atoms with Gasteiger partial charge in [0.25, 0.3) is 0 Å². The quantitative estimate of drug-likeness (QED) is 0.639. The first-order valence-electron chi connectivity index (χ1n) is 6.11. The fourth-order valence-electron chi connectivity index (χ4n) is 1.49. The Morgan fingerprint density at radius 3 is 3.00 bits per heavy atom. The second kappa shape index (κ2) is 7.78. The van der Waals surface area contributed by atoms with Crippen LogP contribution in [0.2, 0.25) is 0 Å². The van der Waals surface area contributed by atoms with Gasteiger partial charge in [-0.2, -0.15) is 0 Å². The number of nitrogens with one attached hydrogen (secondary N) is 1. The van der Waals surface area contributed by atoms with Gasteiger partial charge in [0.1, 0.15) is 0 Å². The molecule has 0 aliphatic carbocycles. The van der Waals surface area contributed by atoms with Crippen molar-refractivity contribution in [1.29, 1.82) is 0 Å². The molecule has 0 spiro atoms. The van der Waals surface area contributed by atoms with Gasteiger partial charge in [0.15, 0.2) is 0 Å². The second-order valence-electron chi connectivity index (χ2n) is 4.06. The molecule has 0 aliphatic rings. The van der Waals surface area contributed by atoms with E-state index in [1.807, 2.05) is 0 Å². The van der Waals surface area contributed by atoms with Gasteiger partial charge >= 0.3 is 0 Å². The summed E-state index contributed by atoms with van der Waals surface area (Å²) in [6.07, 6.45) is 7.08. The molecule has 3 N–H and O–H groups in total. The summed E-state index contributed by atoms with van der Waals surface area (Å²) >= 11 is 0. The summed E-state index contributed by atoms with van der Waals surface area (Å²) in [6, 6.07) is -0.374. The van der Waals surface area contributed by atoms with Crippen LogP contribution in [-0.2, 0) is 11.3 Å². The van der Waals surface area contributed by atoms with Gasteiger partial charge < -0.3 is 11.1 Å². The molecule has 1 aromatic heterocycles. The predicted octanol–water partition coefficient (Wildman–Crippen LogP) is 0.302. The number of rotatable bonds is 8. The lowest BCUT2D eigenvalue weighted by Crippen LogP contribution is -2.41. The number of carbonyl (C=O) groups is 1. The van der Waals surface area contributed by atoms with Crippen molar-refractivity contribution in [3.05, 3.63) is 12.4 Å². The summed E-state index contributed by atoms with van der Waals surface area (Å²) in [5.41, 5.74) is 5.74. The normalized spacial score (nSPS) is 12.4. The van der Waals surface area contributed by atoms with E-state index in [4.69, 9.17) is 5.73 Å². The predicted molar refractivity (Wildman–Crippen MR) is 65.1 cm³/mol. The maximum absolute atomic E-state index is 11.5. The molecule has 1 amide bonds. The molecule has 1 heterocycles. The summed E-state index contributed by atoms with van der Waals surface area (Å²) in [7, 11) is 0. The number of aryl methyl sites for hydroxylation is 1. The monoisotopic (exact) mass is 239 g/mol. The maximum Gasteiger partial charge on any atom is 0.236 e. The molecule has 1 aromatic rings. The number of aromatic nitrogens is 3. The highest BCUT2D eigenvalue weighted by atomic mass is 16.2. The molecule has 17 heavy (non-hydrogen) atoms. The fraction of sp³-hybridized carbons (Fsp3) is 0.727. The summed E-state index contributed by atoms with van der Waals surface area (Å²) in [6.45, 7) is 3.46. The molecule has 0 aromatic carbocycles. The smallest absolute Gasteiger partial charge is 0.236 e. The zero-order valence-corrected chi connectivity index (χ0v) is 10.3. The lowest BCUT2D eigenvalue weighted by atomic mass is 10.1. The molecule has 0 bridgehead atoms. The van der Waals surface area contributed by atoms with Crippen LogP contribution in [0.4, 0.5) is 0 Å². The van der Waals surface area contributed by atoms with Crippen LogP contribution in [0.5, 0.6) is 0 Å². The van der Waals surface area contributed by atoms with E-state index >= 15 is 0 Å². The molecule has 6 heteroatoms. The summed E-state index contributed by atoms with van der Waals surface area (Å²) in [4.78, 5) is 11.5. The number of unbranched alkanes of at least 4 members (excludes halogenated alkanes) is 1. The number of amides is 1. The van der Waals surface area contributed by atoms with E-state index in [2.05, 4.69) is 22.6 Å².